The number of rotatable bonds is 3. The third-order valence-corrected chi connectivity index (χ3v) is 3.36. The number of aliphatic hydroxyl groups is 1. The van der Waals surface area contributed by atoms with Crippen molar-refractivity contribution in [2.75, 3.05) is 13.2 Å². The Labute approximate surface area is 108 Å². The predicted octanol–water partition coefficient (Wildman–Crippen LogP) is 1.79. The molecule has 3 heteroatoms. The van der Waals surface area contributed by atoms with Crippen LogP contribution in [0.2, 0.25) is 0 Å². The fraction of sp³-hybridized carbons (Fsp3) is 0.467. The molecular formula is C15H19NO2. The predicted molar refractivity (Wildman–Crippen MR) is 70.8 cm³/mol. The zero-order valence-corrected chi connectivity index (χ0v) is 10.8. The number of aliphatic hydroxyl groups excluding tert-OH is 1. The van der Waals surface area contributed by atoms with Crippen LogP contribution >= 0.6 is 0 Å². The highest BCUT2D eigenvalue weighted by molar-refractivity contribution is 5.21. The molecule has 0 radical (unpaired) electrons. The van der Waals surface area contributed by atoms with Gasteiger partial charge in [-0.15, -0.1) is 6.42 Å². The van der Waals surface area contributed by atoms with Crippen molar-refractivity contribution in [2.45, 2.75) is 31.7 Å². The first kappa shape index (κ1) is 13.1. The van der Waals surface area contributed by atoms with Gasteiger partial charge in [-0.1, -0.05) is 36.3 Å². The lowest BCUT2D eigenvalue weighted by Crippen LogP contribution is -2.43. The summed E-state index contributed by atoms with van der Waals surface area (Å²) in [4.78, 5) is 2.11. The zero-order valence-electron chi connectivity index (χ0n) is 10.8. The molecular weight excluding hydrogens is 226 g/mol. The number of ether oxygens (including phenoxy) is 1. The van der Waals surface area contributed by atoms with Crippen molar-refractivity contribution in [3.63, 3.8) is 0 Å². The summed E-state index contributed by atoms with van der Waals surface area (Å²) in [6.07, 6.45) is 5.24. The summed E-state index contributed by atoms with van der Waals surface area (Å²) in [5.41, 5.74) is 0.668. The molecule has 2 rings (SSSR count). The maximum atomic E-state index is 9.28. The second-order valence-corrected chi connectivity index (χ2v) is 5.06. The van der Waals surface area contributed by atoms with Gasteiger partial charge in [0.1, 0.15) is 6.23 Å². The monoisotopic (exact) mass is 245 g/mol. The van der Waals surface area contributed by atoms with Crippen LogP contribution < -0.4 is 0 Å². The Balaban J connectivity index is 2.30. The molecule has 0 unspecified atom stereocenters. The van der Waals surface area contributed by atoms with E-state index in [9.17, 15) is 5.11 Å². The Hall–Kier alpha value is -1.34. The first-order valence-corrected chi connectivity index (χ1v) is 6.14. The van der Waals surface area contributed by atoms with Crippen LogP contribution in [-0.4, -0.2) is 34.8 Å². The number of nitrogens with zero attached hydrogens (tertiary/aromatic N) is 1. The average Bonchev–Trinajstić information content (AvgIpc) is 2.85. The molecule has 1 aromatic rings. The fourth-order valence-corrected chi connectivity index (χ4v) is 2.20. The molecule has 1 aromatic carbocycles. The number of benzene rings is 1. The van der Waals surface area contributed by atoms with Crippen LogP contribution in [0.4, 0.5) is 0 Å². The first-order chi connectivity index (χ1) is 8.58. The minimum Gasteiger partial charge on any atom is -0.394 e. The number of hydrogen-bond donors (Lipinski definition) is 1. The molecule has 1 N–H and O–H groups in total. The Morgan fingerprint density at radius 2 is 2.11 bits per heavy atom. The molecule has 1 aliphatic rings. The molecule has 96 valence electrons. The summed E-state index contributed by atoms with van der Waals surface area (Å²) in [5, 5.41) is 9.28. The van der Waals surface area contributed by atoms with Crippen molar-refractivity contribution >= 4 is 0 Å². The number of hydrogen-bond acceptors (Lipinski definition) is 3. The van der Waals surface area contributed by atoms with Gasteiger partial charge >= 0.3 is 0 Å². The van der Waals surface area contributed by atoms with Crippen molar-refractivity contribution in [3.8, 4) is 12.3 Å². The van der Waals surface area contributed by atoms with Crippen LogP contribution in [0.1, 0.15) is 25.6 Å². The standard InChI is InChI=1S/C15H19NO2/c1-4-15(2,3)16-10-13(11-17)18-14(16)12-8-6-5-7-9-12/h1,5-9,13-14,17H,10-11H2,2-3H3/t13-,14+/m1/s1. The molecule has 0 bridgehead atoms. The van der Waals surface area contributed by atoms with Crippen LogP contribution in [0.25, 0.3) is 0 Å². The van der Waals surface area contributed by atoms with Crippen LogP contribution in [0.3, 0.4) is 0 Å². The smallest absolute Gasteiger partial charge is 0.138 e. The Morgan fingerprint density at radius 1 is 1.44 bits per heavy atom. The molecule has 0 saturated carbocycles. The highest BCUT2D eigenvalue weighted by Crippen LogP contribution is 2.35. The van der Waals surface area contributed by atoms with Crippen LogP contribution in [0.5, 0.6) is 0 Å². The summed E-state index contributed by atoms with van der Waals surface area (Å²) in [7, 11) is 0. The van der Waals surface area contributed by atoms with E-state index in [-0.39, 0.29) is 18.9 Å². The average molecular weight is 245 g/mol. The van der Waals surface area contributed by atoms with Gasteiger partial charge in [0, 0.05) is 6.54 Å². The molecule has 1 saturated heterocycles. The molecule has 1 aliphatic heterocycles. The molecule has 2 atom stereocenters. The maximum Gasteiger partial charge on any atom is 0.138 e. The van der Waals surface area contributed by atoms with Gasteiger partial charge in [-0.05, 0) is 19.4 Å². The minimum atomic E-state index is -0.398. The van der Waals surface area contributed by atoms with E-state index in [4.69, 9.17) is 11.2 Å². The quantitative estimate of drug-likeness (QED) is 0.824. The number of terminal acetylenes is 1. The van der Waals surface area contributed by atoms with E-state index in [0.29, 0.717) is 6.54 Å². The lowest BCUT2D eigenvalue weighted by Gasteiger charge is -2.34. The first-order valence-electron chi connectivity index (χ1n) is 6.14. The van der Waals surface area contributed by atoms with Crippen molar-refractivity contribution in [2.24, 2.45) is 0 Å². The van der Waals surface area contributed by atoms with Gasteiger partial charge in [0.25, 0.3) is 0 Å². The van der Waals surface area contributed by atoms with Gasteiger partial charge in [-0.25, -0.2) is 0 Å². The minimum absolute atomic E-state index is 0.0144. The second-order valence-electron chi connectivity index (χ2n) is 5.06. The summed E-state index contributed by atoms with van der Waals surface area (Å²) in [6.45, 7) is 4.64. The van der Waals surface area contributed by atoms with E-state index in [1.807, 2.05) is 44.2 Å². The van der Waals surface area contributed by atoms with Gasteiger partial charge < -0.3 is 9.84 Å². The van der Waals surface area contributed by atoms with Crippen LogP contribution in [-0.2, 0) is 4.74 Å². The fourth-order valence-electron chi connectivity index (χ4n) is 2.20. The topological polar surface area (TPSA) is 32.7 Å². The van der Waals surface area contributed by atoms with Gasteiger partial charge in [-0.3, -0.25) is 4.90 Å². The van der Waals surface area contributed by atoms with E-state index in [1.165, 1.54) is 0 Å². The largest absolute Gasteiger partial charge is 0.394 e. The van der Waals surface area contributed by atoms with Crippen molar-refractivity contribution in [1.82, 2.24) is 4.90 Å². The van der Waals surface area contributed by atoms with Gasteiger partial charge in [0.15, 0.2) is 0 Å². The zero-order chi connectivity index (χ0) is 13.2. The van der Waals surface area contributed by atoms with Crippen LogP contribution in [0, 0.1) is 12.3 Å². The molecule has 0 amide bonds. The molecule has 1 heterocycles. The molecule has 0 aromatic heterocycles. The normalized spacial score (nSPS) is 25.0. The van der Waals surface area contributed by atoms with E-state index < -0.39 is 5.54 Å². The van der Waals surface area contributed by atoms with E-state index in [1.54, 1.807) is 0 Å². The molecule has 1 fully saturated rings. The highest BCUT2D eigenvalue weighted by Gasteiger charge is 2.40. The SMILES string of the molecule is C#CC(C)(C)N1C[C@H](CO)O[C@H]1c1ccccc1. The van der Waals surface area contributed by atoms with Gasteiger partial charge in [0.05, 0.1) is 18.2 Å². The Kier molecular flexibility index (Phi) is 3.72. The van der Waals surface area contributed by atoms with E-state index >= 15 is 0 Å². The van der Waals surface area contributed by atoms with Crippen LogP contribution in [0.15, 0.2) is 30.3 Å². The van der Waals surface area contributed by atoms with Crippen molar-refractivity contribution in [3.05, 3.63) is 35.9 Å². The van der Waals surface area contributed by atoms with Gasteiger partial charge in [-0.2, -0.15) is 0 Å². The Morgan fingerprint density at radius 3 is 2.67 bits per heavy atom. The lowest BCUT2D eigenvalue weighted by molar-refractivity contribution is -0.0356. The third kappa shape index (κ3) is 2.41. The molecule has 0 aliphatic carbocycles. The summed E-state index contributed by atoms with van der Waals surface area (Å²) < 4.78 is 5.88. The van der Waals surface area contributed by atoms with Crippen molar-refractivity contribution in [1.29, 1.82) is 0 Å². The summed E-state index contributed by atoms with van der Waals surface area (Å²) >= 11 is 0. The highest BCUT2D eigenvalue weighted by atomic mass is 16.5. The van der Waals surface area contributed by atoms with E-state index in [2.05, 4.69) is 10.8 Å². The second kappa shape index (κ2) is 5.11. The third-order valence-electron chi connectivity index (χ3n) is 3.36. The van der Waals surface area contributed by atoms with Gasteiger partial charge in [0.2, 0.25) is 0 Å². The Bertz CT molecular complexity index is 436. The lowest BCUT2D eigenvalue weighted by atomic mass is 10.0. The maximum absolute atomic E-state index is 9.28. The molecule has 3 nitrogen and oxygen atoms in total. The summed E-state index contributed by atoms with van der Waals surface area (Å²) in [5.74, 6) is 2.79. The summed E-state index contributed by atoms with van der Waals surface area (Å²) in [6, 6.07) is 9.96. The van der Waals surface area contributed by atoms with Crippen molar-refractivity contribution < 1.29 is 9.84 Å². The molecule has 18 heavy (non-hydrogen) atoms. The molecule has 0 spiro atoms. The van der Waals surface area contributed by atoms with E-state index in [0.717, 1.165) is 5.56 Å².